The summed E-state index contributed by atoms with van der Waals surface area (Å²) >= 11 is 6.09. The molecule has 0 fully saturated rings. The lowest BCUT2D eigenvalue weighted by Crippen LogP contribution is -2.44. The van der Waals surface area contributed by atoms with Gasteiger partial charge in [0, 0.05) is 12.1 Å². The summed E-state index contributed by atoms with van der Waals surface area (Å²) in [6.45, 7) is 3.94. The molecule has 0 radical (unpaired) electrons. The summed E-state index contributed by atoms with van der Waals surface area (Å²) in [7, 11) is 0. The Morgan fingerprint density at radius 2 is 1.95 bits per heavy atom. The first-order chi connectivity index (χ1) is 10.5. The average Bonchev–Trinajstić information content (AvgIpc) is 2.97. The molecule has 1 aromatic carbocycles. The van der Waals surface area contributed by atoms with Gasteiger partial charge in [-0.2, -0.15) is 0 Å². The van der Waals surface area contributed by atoms with Crippen molar-refractivity contribution < 1.29 is 14.0 Å². The molecule has 2 rings (SSSR count). The van der Waals surface area contributed by atoms with Crippen molar-refractivity contribution in [3.63, 3.8) is 0 Å². The topological polar surface area (TPSA) is 71.3 Å². The van der Waals surface area contributed by atoms with E-state index in [0.717, 1.165) is 0 Å². The van der Waals surface area contributed by atoms with Crippen molar-refractivity contribution in [3.05, 3.63) is 47.2 Å². The molecule has 0 aliphatic rings. The summed E-state index contributed by atoms with van der Waals surface area (Å²) in [6.07, 6.45) is 0. The maximum Gasteiger partial charge on any atom is 0.287 e. The van der Waals surface area contributed by atoms with Crippen LogP contribution in [0, 0.1) is 0 Å². The molecule has 22 heavy (non-hydrogen) atoms. The molecule has 1 heterocycles. The first-order valence-corrected chi connectivity index (χ1v) is 7.34. The van der Waals surface area contributed by atoms with Crippen LogP contribution in [0.3, 0.4) is 0 Å². The van der Waals surface area contributed by atoms with E-state index in [0.29, 0.717) is 22.9 Å². The highest BCUT2D eigenvalue weighted by Gasteiger charge is 2.19. The quantitative estimate of drug-likeness (QED) is 0.890. The fourth-order valence-electron chi connectivity index (χ4n) is 1.93. The van der Waals surface area contributed by atoms with Gasteiger partial charge in [0.1, 0.15) is 11.8 Å². The van der Waals surface area contributed by atoms with E-state index >= 15 is 0 Å². The summed E-state index contributed by atoms with van der Waals surface area (Å²) in [5, 5.41) is 5.76. The van der Waals surface area contributed by atoms with Crippen molar-refractivity contribution in [2.24, 2.45) is 0 Å². The number of likely N-dealkylation sites (N-methyl/N-ethyl adjacent to an activating group) is 1. The summed E-state index contributed by atoms with van der Waals surface area (Å²) in [5.74, 6) is -0.0572. The molecule has 6 heteroatoms. The lowest BCUT2D eigenvalue weighted by molar-refractivity contribution is -0.122. The molecule has 5 nitrogen and oxygen atoms in total. The first-order valence-electron chi connectivity index (χ1n) is 6.96. The van der Waals surface area contributed by atoms with Gasteiger partial charge in [-0.25, -0.2) is 0 Å². The average molecular weight is 321 g/mol. The van der Waals surface area contributed by atoms with Crippen molar-refractivity contribution in [2.45, 2.75) is 19.9 Å². The second-order valence-corrected chi connectivity index (χ2v) is 5.14. The molecule has 2 amide bonds. The minimum Gasteiger partial charge on any atom is -0.451 e. The predicted octanol–water partition coefficient (Wildman–Crippen LogP) is 2.85. The summed E-state index contributed by atoms with van der Waals surface area (Å²) < 4.78 is 5.52. The molecule has 116 valence electrons. The normalized spacial score (nSPS) is 11.8. The first kappa shape index (κ1) is 16.1. The Kier molecular flexibility index (Phi) is 5.22. The van der Waals surface area contributed by atoms with Gasteiger partial charge in [-0.15, -0.1) is 0 Å². The number of benzene rings is 1. The molecule has 0 saturated heterocycles. The van der Waals surface area contributed by atoms with Crippen molar-refractivity contribution in [1.29, 1.82) is 0 Å². The summed E-state index contributed by atoms with van der Waals surface area (Å²) in [6, 6.07) is 9.79. The standard InChI is InChI=1S/C16H17ClN2O3/c1-3-18-15(20)10(2)19-16(21)14-9-8-13(22-14)11-6-4-5-7-12(11)17/h4-10H,3H2,1-2H3,(H,18,20)(H,19,21)/t10-/m0/s1. The monoisotopic (exact) mass is 320 g/mol. The van der Waals surface area contributed by atoms with Gasteiger partial charge in [-0.1, -0.05) is 23.7 Å². The number of carbonyl (C=O) groups excluding carboxylic acids is 2. The summed E-state index contributed by atoms with van der Waals surface area (Å²) in [5.41, 5.74) is 0.708. The van der Waals surface area contributed by atoms with E-state index in [1.165, 1.54) is 0 Å². The molecule has 0 aliphatic carbocycles. The van der Waals surface area contributed by atoms with Crippen LogP contribution < -0.4 is 10.6 Å². The SMILES string of the molecule is CCNC(=O)[C@H](C)NC(=O)c1ccc(-c2ccccc2Cl)o1. The zero-order valence-electron chi connectivity index (χ0n) is 12.4. The molecule has 1 aromatic heterocycles. The Morgan fingerprint density at radius 1 is 1.23 bits per heavy atom. The van der Waals surface area contributed by atoms with Gasteiger partial charge in [0.05, 0.1) is 5.02 Å². The van der Waals surface area contributed by atoms with E-state index in [4.69, 9.17) is 16.0 Å². The number of carbonyl (C=O) groups is 2. The highest BCUT2D eigenvalue weighted by atomic mass is 35.5. The number of halogens is 1. The van der Waals surface area contributed by atoms with Gasteiger partial charge in [0.15, 0.2) is 5.76 Å². The van der Waals surface area contributed by atoms with Crippen LogP contribution in [0.5, 0.6) is 0 Å². The maximum absolute atomic E-state index is 12.1. The highest BCUT2D eigenvalue weighted by molar-refractivity contribution is 6.33. The van der Waals surface area contributed by atoms with Gasteiger partial charge in [0.2, 0.25) is 5.91 Å². The third kappa shape index (κ3) is 3.68. The Bertz CT molecular complexity index is 682. The predicted molar refractivity (Wildman–Crippen MR) is 84.8 cm³/mol. The van der Waals surface area contributed by atoms with Gasteiger partial charge in [-0.3, -0.25) is 9.59 Å². The van der Waals surface area contributed by atoms with Crippen LogP contribution in [0.25, 0.3) is 11.3 Å². The number of furan rings is 1. The second-order valence-electron chi connectivity index (χ2n) is 4.73. The van der Waals surface area contributed by atoms with Crippen LogP contribution in [0.2, 0.25) is 5.02 Å². The van der Waals surface area contributed by atoms with Crippen molar-refractivity contribution >= 4 is 23.4 Å². The van der Waals surface area contributed by atoms with Crippen molar-refractivity contribution in [1.82, 2.24) is 10.6 Å². The fourth-order valence-corrected chi connectivity index (χ4v) is 2.16. The van der Waals surface area contributed by atoms with Gasteiger partial charge < -0.3 is 15.1 Å². The van der Waals surface area contributed by atoms with Crippen LogP contribution >= 0.6 is 11.6 Å². The highest BCUT2D eigenvalue weighted by Crippen LogP contribution is 2.28. The minimum absolute atomic E-state index is 0.131. The number of amides is 2. The minimum atomic E-state index is -0.638. The second kappa shape index (κ2) is 7.13. The van der Waals surface area contributed by atoms with Gasteiger partial charge >= 0.3 is 0 Å². The molecular weight excluding hydrogens is 304 g/mol. The lowest BCUT2D eigenvalue weighted by atomic mass is 10.2. The molecule has 2 N–H and O–H groups in total. The zero-order chi connectivity index (χ0) is 16.1. The number of nitrogens with one attached hydrogen (secondary N) is 2. The van der Waals surface area contributed by atoms with E-state index < -0.39 is 11.9 Å². The Labute approximate surface area is 133 Å². The van der Waals surface area contributed by atoms with Crippen LogP contribution in [-0.2, 0) is 4.79 Å². The fraction of sp³-hybridized carbons (Fsp3) is 0.250. The van der Waals surface area contributed by atoms with Crippen molar-refractivity contribution in [3.8, 4) is 11.3 Å². The molecule has 0 unspecified atom stereocenters. The maximum atomic E-state index is 12.1. The van der Waals surface area contributed by atoms with E-state index in [1.54, 1.807) is 31.2 Å². The number of rotatable bonds is 5. The number of hydrogen-bond donors (Lipinski definition) is 2. The number of hydrogen-bond acceptors (Lipinski definition) is 3. The third-order valence-corrected chi connectivity index (χ3v) is 3.39. The molecule has 0 bridgehead atoms. The van der Waals surface area contributed by atoms with E-state index in [9.17, 15) is 9.59 Å². The Morgan fingerprint density at radius 3 is 2.64 bits per heavy atom. The van der Waals surface area contributed by atoms with Crippen molar-refractivity contribution in [2.75, 3.05) is 6.54 Å². The van der Waals surface area contributed by atoms with Gasteiger partial charge in [-0.05, 0) is 38.1 Å². The largest absolute Gasteiger partial charge is 0.451 e. The van der Waals surface area contributed by atoms with Crippen LogP contribution in [-0.4, -0.2) is 24.4 Å². The molecule has 2 aromatic rings. The molecule has 0 saturated carbocycles. The Hall–Kier alpha value is -2.27. The molecule has 0 aliphatic heterocycles. The summed E-state index contributed by atoms with van der Waals surface area (Å²) in [4.78, 5) is 23.7. The van der Waals surface area contributed by atoms with Crippen LogP contribution in [0.1, 0.15) is 24.4 Å². The molecule has 1 atom stereocenters. The van der Waals surface area contributed by atoms with Crippen LogP contribution in [0.15, 0.2) is 40.8 Å². The molecule has 0 spiro atoms. The van der Waals surface area contributed by atoms with E-state index in [-0.39, 0.29) is 11.7 Å². The van der Waals surface area contributed by atoms with Gasteiger partial charge in [0.25, 0.3) is 5.91 Å². The zero-order valence-corrected chi connectivity index (χ0v) is 13.1. The third-order valence-electron chi connectivity index (χ3n) is 3.06. The van der Waals surface area contributed by atoms with Crippen LogP contribution in [0.4, 0.5) is 0 Å². The van der Waals surface area contributed by atoms with E-state index in [1.807, 2.05) is 19.1 Å². The van der Waals surface area contributed by atoms with E-state index in [2.05, 4.69) is 10.6 Å². The lowest BCUT2D eigenvalue weighted by Gasteiger charge is -2.12. The Balaban J connectivity index is 2.10. The smallest absolute Gasteiger partial charge is 0.287 e. The molecular formula is C16H17ClN2O3.